The van der Waals surface area contributed by atoms with Crippen LogP contribution in [0.5, 0.6) is 23.0 Å². The summed E-state index contributed by atoms with van der Waals surface area (Å²) in [6, 6.07) is 8.71. The van der Waals surface area contributed by atoms with E-state index in [2.05, 4.69) is 15.6 Å². The molecule has 178 valence electrons. The molecule has 0 radical (unpaired) electrons. The van der Waals surface area contributed by atoms with Gasteiger partial charge in [-0.2, -0.15) is 13.2 Å². The van der Waals surface area contributed by atoms with Crippen LogP contribution in [0.2, 0.25) is 0 Å². The largest absolute Gasteiger partial charge is 0.493 e. The van der Waals surface area contributed by atoms with Crippen molar-refractivity contribution in [3.05, 3.63) is 47.5 Å². The van der Waals surface area contributed by atoms with Gasteiger partial charge in [0.15, 0.2) is 17.5 Å². The molecule has 0 bridgehead atoms. The second-order valence-electron chi connectivity index (χ2n) is 6.23. The number of ether oxygens (including phenoxy) is 4. The molecule has 2 aromatic carbocycles. The average Bonchev–Trinajstić information content (AvgIpc) is 2.77. The summed E-state index contributed by atoms with van der Waals surface area (Å²) in [4.78, 5) is 4.10. The van der Waals surface area contributed by atoms with Crippen LogP contribution in [-0.2, 0) is 12.7 Å². The van der Waals surface area contributed by atoms with Crippen LogP contribution in [-0.4, -0.2) is 47.5 Å². The number of aliphatic imine (C=N–C) groups is 1. The van der Waals surface area contributed by atoms with Crippen LogP contribution < -0.4 is 29.6 Å². The third-order valence-electron chi connectivity index (χ3n) is 4.25. The number of benzene rings is 2. The van der Waals surface area contributed by atoms with Crippen molar-refractivity contribution in [2.24, 2.45) is 4.99 Å². The zero-order valence-electron chi connectivity index (χ0n) is 18.2. The maximum Gasteiger partial charge on any atom is 0.419 e. The number of hydrogen-bond acceptors (Lipinski definition) is 5. The van der Waals surface area contributed by atoms with Crippen LogP contribution in [0.25, 0.3) is 0 Å². The average molecular weight is 569 g/mol. The monoisotopic (exact) mass is 569 g/mol. The van der Waals surface area contributed by atoms with Gasteiger partial charge >= 0.3 is 6.18 Å². The van der Waals surface area contributed by atoms with Crippen LogP contribution in [0.3, 0.4) is 0 Å². The third-order valence-corrected chi connectivity index (χ3v) is 4.25. The summed E-state index contributed by atoms with van der Waals surface area (Å²) in [5.74, 6) is 1.79. The lowest BCUT2D eigenvalue weighted by molar-refractivity contribution is -0.138. The van der Waals surface area contributed by atoms with Gasteiger partial charge < -0.3 is 29.6 Å². The van der Waals surface area contributed by atoms with Crippen molar-refractivity contribution in [1.82, 2.24) is 10.6 Å². The Kier molecular flexibility index (Phi) is 11.2. The number of nitrogens with zero attached hydrogens (tertiary/aromatic N) is 1. The molecule has 0 saturated heterocycles. The molecule has 0 aliphatic carbocycles. The Morgan fingerprint density at radius 3 is 2.09 bits per heavy atom. The van der Waals surface area contributed by atoms with Crippen LogP contribution in [0.15, 0.2) is 41.4 Å². The highest BCUT2D eigenvalue weighted by molar-refractivity contribution is 14.0. The molecule has 2 aromatic rings. The van der Waals surface area contributed by atoms with Gasteiger partial charge in [-0.1, -0.05) is 12.1 Å². The Morgan fingerprint density at radius 2 is 1.56 bits per heavy atom. The number of halogens is 4. The zero-order chi connectivity index (χ0) is 22.9. The van der Waals surface area contributed by atoms with Gasteiger partial charge in [0.25, 0.3) is 0 Å². The van der Waals surface area contributed by atoms with Gasteiger partial charge in [-0.25, -0.2) is 0 Å². The zero-order valence-corrected chi connectivity index (χ0v) is 20.5. The van der Waals surface area contributed by atoms with E-state index in [9.17, 15) is 13.2 Å². The fourth-order valence-corrected chi connectivity index (χ4v) is 2.80. The second-order valence-corrected chi connectivity index (χ2v) is 6.23. The number of methoxy groups -OCH3 is 3. The minimum Gasteiger partial charge on any atom is -0.493 e. The third kappa shape index (κ3) is 7.53. The maximum atomic E-state index is 13.0. The summed E-state index contributed by atoms with van der Waals surface area (Å²) in [6.45, 7) is 0.674. The fraction of sp³-hybridized carbons (Fsp3) is 0.381. The van der Waals surface area contributed by atoms with Gasteiger partial charge in [0.2, 0.25) is 5.75 Å². The molecule has 0 aliphatic heterocycles. The van der Waals surface area contributed by atoms with Crippen molar-refractivity contribution >= 4 is 29.9 Å². The molecule has 0 saturated carbocycles. The van der Waals surface area contributed by atoms with Crippen LogP contribution >= 0.6 is 24.0 Å². The van der Waals surface area contributed by atoms with E-state index in [1.807, 2.05) is 0 Å². The maximum absolute atomic E-state index is 13.0. The summed E-state index contributed by atoms with van der Waals surface area (Å²) < 4.78 is 60.3. The topological polar surface area (TPSA) is 73.3 Å². The van der Waals surface area contributed by atoms with Crippen molar-refractivity contribution in [2.75, 3.05) is 41.5 Å². The molecule has 32 heavy (non-hydrogen) atoms. The van der Waals surface area contributed by atoms with Crippen LogP contribution in [0.1, 0.15) is 11.1 Å². The van der Waals surface area contributed by atoms with Crippen molar-refractivity contribution in [3.63, 3.8) is 0 Å². The predicted molar refractivity (Wildman–Crippen MR) is 127 cm³/mol. The van der Waals surface area contributed by atoms with E-state index in [0.717, 1.165) is 11.6 Å². The number of alkyl halides is 3. The Morgan fingerprint density at radius 1 is 0.938 bits per heavy atom. The lowest BCUT2D eigenvalue weighted by Gasteiger charge is -2.16. The second kappa shape index (κ2) is 13.1. The van der Waals surface area contributed by atoms with E-state index in [1.165, 1.54) is 39.5 Å². The minimum absolute atomic E-state index is 0. The summed E-state index contributed by atoms with van der Waals surface area (Å²) >= 11 is 0. The van der Waals surface area contributed by atoms with Gasteiger partial charge in [-0.15, -0.1) is 24.0 Å². The highest BCUT2D eigenvalue weighted by Gasteiger charge is 2.33. The lowest BCUT2D eigenvalue weighted by atomic mass is 10.2. The van der Waals surface area contributed by atoms with Crippen molar-refractivity contribution < 1.29 is 32.1 Å². The van der Waals surface area contributed by atoms with Gasteiger partial charge in [0.05, 0.1) is 33.4 Å². The van der Waals surface area contributed by atoms with Gasteiger partial charge in [0, 0.05) is 13.6 Å². The van der Waals surface area contributed by atoms with E-state index in [1.54, 1.807) is 19.2 Å². The Hall–Kier alpha value is -2.57. The molecule has 7 nitrogen and oxygen atoms in total. The van der Waals surface area contributed by atoms with E-state index in [4.69, 9.17) is 18.9 Å². The minimum atomic E-state index is -4.47. The molecule has 0 aromatic heterocycles. The summed E-state index contributed by atoms with van der Waals surface area (Å²) in [5.41, 5.74) is 0.0488. The quantitative estimate of drug-likeness (QED) is 0.205. The van der Waals surface area contributed by atoms with Crippen LogP contribution in [0.4, 0.5) is 13.2 Å². The first-order chi connectivity index (χ1) is 14.8. The first kappa shape index (κ1) is 27.5. The van der Waals surface area contributed by atoms with Crippen molar-refractivity contribution in [2.45, 2.75) is 12.7 Å². The van der Waals surface area contributed by atoms with Gasteiger partial charge in [-0.3, -0.25) is 4.99 Å². The van der Waals surface area contributed by atoms with Crippen molar-refractivity contribution in [3.8, 4) is 23.0 Å². The lowest BCUT2D eigenvalue weighted by Crippen LogP contribution is -2.38. The number of guanidine groups is 1. The Balaban J connectivity index is 0.00000512. The summed E-state index contributed by atoms with van der Waals surface area (Å²) in [6.07, 6.45) is -4.47. The fourth-order valence-electron chi connectivity index (χ4n) is 2.80. The number of hydrogen-bond donors (Lipinski definition) is 2. The van der Waals surface area contributed by atoms with Crippen LogP contribution in [0, 0.1) is 0 Å². The molecule has 0 unspecified atom stereocenters. The molecule has 0 heterocycles. The number of rotatable bonds is 9. The molecule has 11 heteroatoms. The molecule has 0 aliphatic rings. The summed E-state index contributed by atoms with van der Waals surface area (Å²) in [7, 11) is 6.18. The first-order valence-corrected chi connectivity index (χ1v) is 9.36. The SMILES string of the molecule is CN=C(NCCOc1ccccc1C(F)(F)F)NCc1cc(OC)c(OC)c(OC)c1.I. The Labute approximate surface area is 202 Å². The van der Waals surface area contributed by atoms with E-state index in [0.29, 0.717) is 29.8 Å². The normalized spacial score (nSPS) is 11.3. The standard InChI is InChI=1S/C21H26F3N3O4.HI/c1-25-20(26-9-10-31-16-8-6-5-7-15(16)21(22,23)24)27-13-14-11-17(28-2)19(30-4)18(12-14)29-3;/h5-8,11-12H,9-10,13H2,1-4H3,(H2,25,26,27);1H. The molecule has 2 rings (SSSR count). The van der Waals surface area contributed by atoms with E-state index < -0.39 is 11.7 Å². The van der Waals surface area contributed by atoms with Gasteiger partial charge in [0.1, 0.15) is 12.4 Å². The van der Waals surface area contributed by atoms with Crippen molar-refractivity contribution in [1.29, 1.82) is 0 Å². The summed E-state index contributed by atoms with van der Waals surface area (Å²) in [5, 5.41) is 6.10. The molecule has 2 N–H and O–H groups in total. The van der Waals surface area contributed by atoms with Gasteiger partial charge in [-0.05, 0) is 29.8 Å². The first-order valence-electron chi connectivity index (χ1n) is 9.36. The molecular formula is C21H27F3IN3O4. The van der Waals surface area contributed by atoms with E-state index in [-0.39, 0.29) is 42.9 Å². The molecular weight excluding hydrogens is 542 g/mol. The molecule has 0 spiro atoms. The number of nitrogens with one attached hydrogen (secondary N) is 2. The molecule has 0 atom stereocenters. The smallest absolute Gasteiger partial charge is 0.419 e. The van der Waals surface area contributed by atoms with E-state index >= 15 is 0 Å². The Bertz CT molecular complexity index is 870. The highest BCUT2D eigenvalue weighted by atomic mass is 127. The number of para-hydroxylation sites is 1. The molecule has 0 fully saturated rings. The highest BCUT2D eigenvalue weighted by Crippen LogP contribution is 2.38. The molecule has 0 amide bonds. The predicted octanol–water partition coefficient (Wildman–Crippen LogP) is 4.09.